The molecule has 5 nitrogen and oxygen atoms in total. The van der Waals surface area contributed by atoms with Crippen molar-refractivity contribution in [3.63, 3.8) is 0 Å². The summed E-state index contributed by atoms with van der Waals surface area (Å²) in [5, 5.41) is 0. The SMILES string of the molecule is Cc1cc(C)c(=O)n2c1CCC(NS(C)(=O)=O)C2Cc1cccc(-c2ccccc2)c1. The van der Waals surface area contributed by atoms with Gasteiger partial charge in [-0.3, -0.25) is 4.79 Å². The largest absolute Gasteiger partial charge is 0.307 e. The van der Waals surface area contributed by atoms with E-state index in [9.17, 15) is 13.2 Å². The van der Waals surface area contributed by atoms with E-state index >= 15 is 0 Å². The minimum atomic E-state index is -3.40. The van der Waals surface area contributed by atoms with Crippen molar-refractivity contribution in [3.8, 4) is 11.1 Å². The molecule has 0 bridgehead atoms. The summed E-state index contributed by atoms with van der Waals surface area (Å²) in [4.78, 5) is 13.2. The first-order valence-electron chi connectivity index (χ1n) is 10.6. The van der Waals surface area contributed by atoms with E-state index in [2.05, 4.69) is 29.0 Å². The van der Waals surface area contributed by atoms with Gasteiger partial charge in [0.1, 0.15) is 0 Å². The second-order valence-corrected chi connectivity index (χ2v) is 10.3. The number of aryl methyl sites for hydroxylation is 2. The molecule has 6 heteroatoms. The van der Waals surface area contributed by atoms with Gasteiger partial charge in [-0.15, -0.1) is 0 Å². The van der Waals surface area contributed by atoms with Crippen LogP contribution >= 0.6 is 0 Å². The number of rotatable bonds is 5. The summed E-state index contributed by atoms with van der Waals surface area (Å²) in [6.45, 7) is 3.85. The molecule has 31 heavy (non-hydrogen) atoms. The number of pyridine rings is 1. The Morgan fingerprint density at radius 3 is 2.39 bits per heavy atom. The summed E-state index contributed by atoms with van der Waals surface area (Å²) >= 11 is 0. The van der Waals surface area contributed by atoms with Crippen LogP contribution in [0.5, 0.6) is 0 Å². The molecular formula is C25H28N2O3S. The molecule has 1 aliphatic rings. The predicted molar refractivity (Wildman–Crippen MR) is 125 cm³/mol. The molecule has 2 heterocycles. The summed E-state index contributed by atoms with van der Waals surface area (Å²) in [7, 11) is -3.40. The molecule has 2 aromatic carbocycles. The molecule has 0 radical (unpaired) electrons. The quantitative estimate of drug-likeness (QED) is 0.662. The van der Waals surface area contributed by atoms with Gasteiger partial charge in [0.05, 0.1) is 12.3 Å². The van der Waals surface area contributed by atoms with Crippen molar-refractivity contribution >= 4 is 10.0 Å². The zero-order chi connectivity index (χ0) is 22.2. The van der Waals surface area contributed by atoms with Crippen LogP contribution in [0.4, 0.5) is 0 Å². The van der Waals surface area contributed by atoms with E-state index in [1.54, 1.807) is 0 Å². The zero-order valence-electron chi connectivity index (χ0n) is 18.1. The van der Waals surface area contributed by atoms with Crippen LogP contribution in [0.3, 0.4) is 0 Å². The maximum atomic E-state index is 13.2. The van der Waals surface area contributed by atoms with Gasteiger partial charge in [0.15, 0.2) is 0 Å². The lowest BCUT2D eigenvalue weighted by molar-refractivity contribution is 0.313. The molecule has 0 saturated heterocycles. The molecule has 0 fully saturated rings. The maximum Gasteiger partial charge on any atom is 0.253 e. The van der Waals surface area contributed by atoms with Crippen molar-refractivity contribution in [2.75, 3.05) is 6.26 Å². The Bertz CT molecular complexity index is 1260. The van der Waals surface area contributed by atoms with Crippen LogP contribution in [0.1, 0.15) is 34.8 Å². The molecule has 0 spiro atoms. The molecule has 0 saturated carbocycles. The second-order valence-electron chi connectivity index (χ2n) is 8.51. The van der Waals surface area contributed by atoms with E-state index in [0.29, 0.717) is 24.8 Å². The fourth-order valence-electron chi connectivity index (χ4n) is 4.70. The Morgan fingerprint density at radius 1 is 0.968 bits per heavy atom. The van der Waals surface area contributed by atoms with Gasteiger partial charge < -0.3 is 4.57 Å². The van der Waals surface area contributed by atoms with Gasteiger partial charge in [0.25, 0.3) is 5.56 Å². The van der Waals surface area contributed by atoms with E-state index < -0.39 is 10.0 Å². The summed E-state index contributed by atoms with van der Waals surface area (Å²) in [6, 6.07) is 19.7. The zero-order valence-corrected chi connectivity index (χ0v) is 18.9. The van der Waals surface area contributed by atoms with Crippen molar-refractivity contribution in [1.29, 1.82) is 0 Å². The number of nitrogens with zero attached hydrogens (tertiary/aromatic N) is 1. The van der Waals surface area contributed by atoms with Crippen LogP contribution in [0, 0.1) is 13.8 Å². The number of benzene rings is 2. The van der Waals surface area contributed by atoms with Gasteiger partial charge in [-0.1, -0.05) is 54.6 Å². The Morgan fingerprint density at radius 2 is 1.68 bits per heavy atom. The molecule has 3 aromatic rings. The summed E-state index contributed by atoms with van der Waals surface area (Å²) in [5.41, 5.74) is 6.04. The minimum Gasteiger partial charge on any atom is -0.307 e. The van der Waals surface area contributed by atoms with Crippen molar-refractivity contribution in [2.24, 2.45) is 0 Å². The maximum absolute atomic E-state index is 13.2. The molecule has 1 aromatic heterocycles. The topological polar surface area (TPSA) is 68.2 Å². The highest BCUT2D eigenvalue weighted by atomic mass is 32.2. The molecule has 2 atom stereocenters. The fourth-order valence-corrected chi connectivity index (χ4v) is 5.53. The predicted octanol–water partition coefficient (Wildman–Crippen LogP) is 3.78. The second kappa shape index (κ2) is 8.44. The van der Waals surface area contributed by atoms with Gasteiger partial charge in [-0.2, -0.15) is 0 Å². The van der Waals surface area contributed by atoms with Crippen LogP contribution in [0.25, 0.3) is 11.1 Å². The van der Waals surface area contributed by atoms with Gasteiger partial charge in [-0.25, -0.2) is 13.1 Å². The monoisotopic (exact) mass is 436 g/mol. The fraction of sp³-hybridized carbons (Fsp3) is 0.320. The highest BCUT2D eigenvalue weighted by Gasteiger charge is 2.33. The number of hydrogen-bond donors (Lipinski definition) is 1. The van der Waals surface area contributed by atoms with Crippen LogP contribution in [-0.2, 0) is 22.9 Å². The van der Waals surface area contributed by atoms with Gasteiger partial charge in [0, 0.05) is 17.3 Å². The summed E-state index contributed by atoms with van der Waals surface area (Å²) in [6.07, 6.45) is 3.10. The van der Waals surface area contributed by atoms with Crippen LogP contribution in [0.2, 0.25) is 0 Å². The van der Waals surface area contributed by atoms with Crippen molar-refractivity contribution < 1.29 is 8.42 Å². The van der Waals surface area contributed by atoms with E-state index in [4.69, 9.17) is 0 Å². The minimum absolute atomic E-state index is 0.0372. The van der Waals surface area contributed by atoms with Crippen LogP contribution in [-0.4, -0.2) is 25.3 Å². The number of fused-ring (bicyclic) bond motifs is 1. The van der Waals surface area contributed by atoms with Crippen LogP contribution in [0.15, 0.2) is 65.5 Å². The molecule has 0 aliphatic carbocycles. The molecular weight excluding hydrogens is 408 g/mol. The van der Waals surface area contributed by atoms with Crippen LogP contribution < -0.4 is 10.3 Å². The summed E-state index contributed by atoms with van der Waals surface area (Å²) in [5.74, 6) is 0. The molecule has 162 valence electrons. The highest BCUT2D eigenvalue weighted by Crippen LogP contribution is 2.30. The Labute approximate surface area is 183 Å². The van der Waals surface area contributed by atoms with Gasteiger partial charge >= 0.3 is 0 Å². The third-order valence-electron chi connectivity index (χ3n) is 6.07. The third kappa shape index (κ3) is 4.65. The lowest BCUT2D eigenvalue weighted by atomic mass is 9.89. The number of hydrogen-bond acceptors (Lipinski definition) is 3. The summed E-state index contributed by atoms with van der Waals surface area (Å²) < 4.78 is 28.8. The Hall–Kier alpha value is -2.70. The number of aromatic nitrogens is 1. The van der Waals surface area contributed by atoms with E-state index in [1.165, 1.54) is 6.26 Å². The molecule has 0 amide bonds. The average Bonchev–Trinajstić information content (AvgIpc) is 2.73. The highest BCUT2D eigenvalue weighted by molar-refractivity contribution is 7.88. The normalized spacial score (nSPS) is 18.5. The standard InChI is InChI=1S/C25H28N2O3S/c1-17-14-18(2)25(28)27-23(17)13-12-22(26-31(3,29)30)24(27)16-19-8-7-11-21(15-19)20-9-5-4-6-10-20/h4-11,14-15,22,24,26H,12-13,16H2,1-3H3. The first-order chi connectivity index (χ1) is 14.7. The average molecular weight is 437 g/mol. The smallest absolute Gasteiger partial charge is 0.253 e. The lowest BCUT2D eigenvalue weighted by Crippen LogP contribution is -2.48. The lowest BCUT2D eigenvalue weighted by Gasteiger charge is -2.36. The van der Waals surface area contributed by atoms with E-state index in [0.717, 1.165) is 27.9 Å². The Balaban J connectivity index is 1.78. The van der Waals surface area contributed by atoms with Crippen molar-refractivity contribution in [1.82, 2.24) is 9.29 Å². The van der Waals surface area contributed by atoms with E-state index in [-0.39, 0.29) is 17.6 Å². The number of sulfonamides is 1. The Kier molecular flexibility index (Phi) is 5.86. The molecule has 1 N–H and O–H groups in total. The van der Waals surface area contributed by atoms with Gasteiger partial charge in [0.2, 0.25) is 10.0 Å². The molecule has 2 unspecified atom stereocenters. The van der Waals surface area contributed by atoms with Crippen molar-refractivity contribution in [2.45, 2.75) is 45.2 Å². The first kappa shape index (κ1) is 21.5. The van der Waals surface area contributed by atoms with Crippen molar-refractivity contribution in [3.05, 3.63) is 93.4 Å². The van der Waals surface area contributed by atoms with Gasteiger partial charge in [-0.05, 0) is 61.4 Å². The third-order valence-corrected chi connectivity index (χ3v) is 6.80. The van der Waals surface area contributed by atoms with E-state index in [1.807, 2.05) is 54.8 Å². The molecule has 4 rings (SSSR count). The molecule has 1 aliphatic heterocycles. The number of nitrogens with one attached hydrogen (secondary N) is 1. The first-order valence-corrected chi connectivity index (χ1v) is 12.5.